The van der Waals surface area contributed by atoms with Crippen molar-refractivity contribution in [2.24, 2.45) is 45.4 Å². The molecule has 4 heteroatoms. The highest BCUT2D eigenvalue weighted by Crippen LogP contribution is 2.63. The molecule has 4 rings (SSSR count). The molecule has 0 aromatic carbocycles. The van der Waals surface area contributed by atoms with Gasteiger partial charge in [0.1, 0.15) is 5.78 Å². The Labute approximate surface area is 164 Å². The van der Waals surface area contributed by atoms with Gasteiger partial charge in [-0.3, -0.25) is 14.6 Å². The lowest BCUT2D eigenvalue weighted by Gasteiger charge is -2.56. The number of nitrogens with one attached hydrogen (secondary N) is 1. The number of Topliss-reactive ketones (excluding diaryl/α,β-unsaturated/α-hetero) is 1. The molecule has 0 bridgehead atoms. The van der Waals surface area contributed by atoms with Crippen LogP contribution < -0.4 is 5.32 Å². The fourth-order valence-electron chi connectivity index (χ4n) is 7.06. The molecule has 0 aromatic rings. The number of hydrogen-bond acceptors (Lipinski definition) is 3. The van der Waals surface area contributed by atoms with Crippen LogP contribution in [0.2, 0.25) is 0 Å². The molecule has 0 saturated heterocycles. The molecule has 0 radical (unpaired) electrons. The van der Waals surface area contributed by atoms with Gasteiger partial charge in [-0.2, -0.15) is 0 Å². The molecule has 1 heterocycles. The Kier molecular flexibility index (Phi) is 4.75. The van der Waals surface area contributed by atoms with Crippen LogP contribution in [0.3, 0.4) is 0 Å². The molecular weight excluding hydrogens is 336 g/mol. The fourth-order valence-corrected chi connectivity index (χ4v) is 7.06. The van der Waals surface area contributed by atoms with Crippen molar-refractivity contribution < 1.29 is 9.59 Å². The molecule has 4 aliphatic rings. The number of aliphatic imine (C=N–C) groups is 1. The molecule has 6 atom stereocenters. The van der Waals surface area contributed by atoms with E-state index in [2.05, 4.69) is 33.0 Å². The smallest absolute Gasteiger partial charge is 0.223 e. The second kappa shape index (κ2) is 6.70. The van der Waals surface area contributed by atoms with E-state index in [1.807, 2.05) is 0 Å². The molecule has 0 aromatic heterocycles. The van der Waals surface area contributed by atoms with Gasteiger partial charge in [-0.05, 0) is 61.2 Å². The van der Waals surface area contributed by atoms with Crippen LogP contribution in [0.5, 0.6) is 0 Å². The lowest BCUT2D eigenvalue weighted by atomic mass is 9.49. The predicted molar refractivity (Wildman–Crippen MR) is 108 cm³/mol. The zero-order valence-corrected chi connectivity index (χ0v) is 17.5. The summed E-state index contributed by atoms with van der Waals surface area (Å²) >= 11 is 0. The second-order valence-electron chi connectivity index (χ2n) is 10.6. The molecule has 3 saturated carbocycles. The van der Waals surface area contributed by atoms with Gasteiger partial charge in [0.05, 0.1) is 0 Å². The van der Waals surface area contributed by atoms with Crippen LogP contribution in [-0.2, 0) is 9.59 Å². The van der Waals surface area contributed by atoms with E-state index in [1.54, 1.807) is 0 Å². The van der Waals surface area contributed by atoms with Crippen LogP contribution in [0.4, 0.5) is 0 Å². The highest BCUT2D eigenvalue weighted by Gasteiger charge is 2.60. The van der Waals surface area contributed by atoms with Crippen molar-refractivity contribution in [3.05, 3.63) is 0 Å². The minimum atomic E-state index is 0.121. The summed E-state index contributed by atoms with van der Waals surface area (Å²) in [4.78, 5) is 29.9. The first-order valence-corrected chi connectivity index (χ1v) is 11.1. The normalized spacial score (nSPS) is 43.6. The summed E-state index contributed by atoms with van der Waals surface area (Å²) in [6.45, 7) is 10.7. The molecule has 1 unspecified atom stereocenters. The van der Waals surface area contributed by atoms with Gasteiger partial charge < -0.3 is 5.32 Å². The van der Waals surface area contributed by atoms with E-state index in [0.29, 0.717) is 35.9 Å². The Morgan fingerprint density at radius 1 is 1.19 bits per heavy atom. The number of fused-ring (bicyclic) bond motifs is 5. The number of rotatable bonds is 3. The number of carbonyl (C=O) groups excluding carboxylic acids is 2. The maximum atomic E-state index is 12.9. The van der Waals surface area contributed by atoms with Gasteiger partial charge in [-0.1, -0.05) is 27.7 Å². The van der Waals surface area contributed by atoms with E-state index < -0.39 is 0 Å². The predicted octanol–water partition coefficient (Wildman–Crippen LogP) is 4.03. The Hall–Kier alpha value is -1.19. The van der Waals surface area contributed by atoms with Gasteiger partial charge in [-0.15, -0.1) is 0 Å². The molecule has 3 aliphatic carbocycles. The Bertz CT molecular complexity index is 669. The average Bonchev–Trinajstić information content (AvgIpc) is 2.97. The molecule has 1 N–H and O–H groups in total. The molecule has 1 aliphatic heterocycles. The first-order chi connectivity index (χ1) is 12.8. The molecule has 150 valence electrons. The van der Waals surface area contributed by atoms with Crippen molar-refractivity contribution in [2.75, 3.05) is 13.1 Å². The third-order valence-electron chi connectivity index (χ3n) is 8.70. The molecule has 27 heavy (non-hydrogen) atoms. The minimum Gasteiger partial charge on any atom is -0.356 e. The Morgan fingerprint density at radius 3 is 2.70 bits per heavy atom. The van der Waals surface area contributed by atoms with Crippen LogP contribution in [0.15, 0.2) is 4.99 Å². The first kappa shape index (κ1) is 19.1. The van der Waals surface area contributed by atoms with E-state index in [1.165, 1.54) is 12.1 Å². The van der Waals surface area contributed by atoms with Crippen molar-refractivity contribution in [2.45, 2.75) is 72.6 Å². The van der Waals surface area contributed by atoms with Crippen LogP contribution >= 0.6 is 0 Å². The van der Waals surface area contributed by atoms with Gasteiger partial charge in [0, 0.05) is 43.0 Å². The van der Waals surface area contributed by atoms with E-state index in [-0.39, 0.29) is 22.7 Å². The van der Waals surface area contributed by atoms with Crippen LogP contribution in [0.1, 0.15) is 72.6 Å². The van der Waals surface area contributed by atoms with Crippen molar-refractivity contribution in [3.63, 3.8) is 0 Å². The first-order valence-electron chi connectivity index (χ1n) is 11.1. The van der Waals surface area contributed by atoms with E-state index in [0.717, 1.165) is 45.2 Å². The summed E-state index contributed by atoms with van der Waals surface area (Å²) in [5.74, 6) is 3.14. The molecule has 1 amide bonds. The largest absolute Gasteiger partial charge is 0.356 e. The highest BCUT2D eigenvalue weighted by molar-refractivity contribution is 6.07. The number of hydrogen-bond donors (Lipinski definition) is 1. The van der Waals surface area contributed by atoms with Gasteiger partial charge in [0.2, 0.25) is 5.91 Å². The van der Waals surface area contributed by atoms with Crippen molar-refractivity contribution >= 4 is 17.4 Å². The van der Waals surface area contributed by atoms with E-state index in [9.17, 15) is 9.59 Å². The average molecular weight is 373 g/mol. The van der Waals surface area contributed by atoms with E-state index >= 15 is 0 Å². The highest BCUT2D eigenvalue weighted by atomic mass is 16.2. The zero-order valence-electron chi connectivity index (χ0n) is 17.5. The monoisotopic (exact) mass is 372 g/mol. The minimum absolute atomic E-state index is 0.121. The van der Waals surface area contributed by atoms with Crippen LogP contribution in [0, 0.1) is 40.4 Å². The molecule has 3 fully saturated rings. The summed E-state index contributed by atoms with van der Waals surface area (Å²) in [7, 11) is 0. The number of amides is 1. The SMILES string of the molecule is CC(C)CNC(=O)C1CC[C@H]2[C@@H]3CN=C4CC(=O)CC[C@]4(C)[C@@H]3CC[C@]12C. The van der Waals surface area contributed by atoms with Crippen molar-refractivity contribution in [1.29, 1.82) is 0 Å². The van der Waals surface area contributed by atoms with Crippen molar-refractivity contribution in [1.82, 2.24) is 5.32 Å². The van der Waals surface area contributed by atoms with Crippen molar-refractivity contribution in [3.8, 4) is 0 Å². The summed E-state index contributed by atoms with van der Waals surface area (Å²) in [6, 6.07) is 0. The quantitative estimate of drug-likeness (QED) is 0.813. The maximum Gasteiger partial charge on any atom is 0.223 e. The summed E-state index contributed by atoms with van der Waals surface area (Å²) in [5.41, 5.74) is 1.43. The number of ketones is 1. The van der Waals surface area contributed by atoms with Gasteiger partial charge in [0.25, 0.3) is 0 Å². The lowest BCUT2D eigenvalue weighted by Crippen LogP contribution is -2.55. The van der Waals surface area contributed by atoms with E-state index in [4.69, 9.17) is 4.99 Å². The fraction of sp³-hybridized carbons (Fsp3) is 0.870. The summed E-state index contributed by atoms with van der Waals surface area (Å²) in [5, 5.41) is 3.21. The topological polar surface area (TPSA) is 58.5 Å². The summed E-state index contributed by atoms with van der Waals surface area (Å²) < 4.78 is 0. The van der Waals surface area contributed by atoms with Crippen LogP contribution in [0.25, 0.3) is 0 Å². The summed E-state index contributed by atoms with van der Waals surface area (Å²) in [6.07, 6.45) is 6.82. The molecule has 4 nitrogen and oxygen atoms in total. The third-order valence-corrected chi connectivity index (χ3v) is 8.70. The second-order valence-corrected chi connectivity index (χ2v) is 10.6. The zero-order chi connectivity index (χ0) is 19.4. The lowest BCUT2D eigenvalue weighted by molar-refractivity contribution is -0.132. The number of carbonyl (C=O) groups is 2. The van der Waals surface area contributed by atoms with Gasteiger partial charge in [-0.25, -0.2) is 0 Å². The van der Waals surface area contributed by atoms with Gasteiger partial charge >= 0.3 is 0 Å². The van der Waals surface area contributed by atoms with Crippen LogP contribution in [-0.4, -0.2) is 30.5 Å². The Balaban J connectivity index is 1.55. The molecule has 0 spiro atoms. The standard InChI is InChI=1S/C23H36N2O2/c1-14(2)12-25-21(27)19-6-5-17-16-13-24-20-11-15(26)7-9-23(20,4)18(16)8-10-22(17,19)3/h14,16-19H,5-13H2,1-4H3,(H,25,27)/t16-,17-,18+,19?,22-,23+/m0/s1. The van der Waals surface area contributed by atoms with Gasteiger partial charge in [0.15, 0.2) is 0 Å². The third kappa shape index (κ3) is 2.98. The maximum absolute atomic E-state index is 12.9. The number of nitrogens with zero attached hydrogens (tertiary/aromatic N) is 1. The Morgan fingerprint density at radius 2 is 1.96 bits per heavy atom. The molecular formula is C23H36N2O2.